The first-order chi connectivity index (χ1) is 9.31. The molecule has 0 bridgehead atoms. The van der Waals surface area contributed by atoms with Gasteiger partial charge in [0.25, 0.3) is 0 Å². The predicted octanol–water partition coefficient (Wildman–Crippen LogP) is 6.02. The molecule has 0 aliphatic rings. The number of aryl methyl sites for hydroxylation is 6. The monoisotopic (exact) mass is 330 g/mol. The Labute approximate surface area is 131 Å². The molecule has 20 heavy (non-hydrogen) atoms. The third-order valence-corrected chi connectivity index (χ3v) is 4.90. The Morgan fingerprint density at radius 3 is 1.10 bits per heavy atom. The zero-order valence-electron chi connectivity index (χ0n) is 13.3. The molecule has 0 saturated carbocycles. The molecule has 2 aromatic rings. The van der Waals surface area contributed by atoms with Gasteiger partial charge in [0.1, 0.15) is 0 Å². The number of alkyl halides is 1. The van der Waals surface area contributed by atoms with Crippen molar-refractivity contribution in [1.29, 1.82) is 0 Å². The van der Waals surface area contributed by atoms with E-state index in [9.17, 15) is 0 Å². The van der Waals surface area contributed by atoms with Gasteiger partial charge in [-0.2, -0.15) is 0 Å². The van der Waals surface area contributed by atoms with Gasteiger partial charge in [-0.05, 0) is 74.9 Å². The standard InChI is InChI=1S/C19H23Br/c1-11-7-13(3)17(14(4)8-11)19(20)18-15(5)9-12(2)10-16(18)6/h7-10,19H,1-6H3. The van der Waals surface area contributed by atoms with Crippen LogP contribution in [0.1, 0.15) is 49.3 Å². The lowest BCUT2D eigenvalue weighted by Crippen LogP contribution is -2.04. The van der Waals surface area contributed by atoms with Crippen molar-refractivity contribution < 1.29 is 0 Å². The van der Waals surface area contributed by atoms with Crippen molar-refractivity contribution in [3.8, 4) is 0 Å². The Balaban J connectivity index is 2.61. The highest BCUT2D eigenvalue weighted by Crippen LogP contribution is 2.38. The van der Waals surface area contributed by atoms with Crippen molar-refractivity contribution in [3.63, 3.8) is 0 Å². The molecule has 2 aromatic carbocycles. The molecule has 0 aromatic heterocycles. The fourth-order valence-electron chi connectivity index (χ4n) is 3.33. The molecule has 0 radical (unpaired) electrons. The summed E-state index contributed by atoms with van der Waals surface area (Å²) in [6.45, 7) is 13.2. The molecule has 1 heteroatoms. The summed E-state index contributed by atoms with van der Waals surface area (Å²) in [4.78, 5) is 0.267. The number of hydrogen-bond acceptors (Lipinski definition) is 0. The number of hydrogen-bond donors (Lipinski definition) is 0. The van der Waals surface area contributed by atoms with Crippen molar-refractivity contribution >= 4 is 15.9 Å². The minimum Gasteiger partial charge on any atom is -0.0786 e. The van der Waals surface area contributed by atoms with Gasteiger partial charge in [-0.15, -0.1) is 0 Å². The summed E-state index contributed by atoms with van der Waals surface area (Å²) in [5.74, 6) is 0. The van der Waals surface area contributed by atoms with Crippen LogP contribution >= 0.6 is 15.9 Å². The molecular formula is C19H23Br. The maximum atomic E-state index is 3.95. The van der Waals surface area contributed by atoms with E-state index in [0.717, 1.165) is 0 Å². The van der Waals surface area contributed by atoms with E-state index in [1.54, 1.807) is 0 Å². The lowest BCUT2D eigenvalue weighted by Gasteiger charge is -2.21. The third-order valence-electron chi connectivity index (χ3n) is 3.98. The topological polar surface area (TPSA) is 0 Å². The fraction of sp³-hybridized carbons (Fsp3) is 0.368. The molecule has 0 heterocycles. The van der Waals surface area contributed by atoms with Crippen LogP contribution in [0.4, 0.5) is 0 Å². The molecular weight excluding hydrogens is 308 g/mol. The quantitative estimate of drug-likeness (QED) is 0.590. The van der Waals surface area contributed by atoms with E-state index < -0.39 is 0 Å². The molecule has 0 saturated heterocycles. The van der Waals surface area contributed by atoms with Crippen LogP contribution in [0.15, 0.2) is 24.3 Å². The van der Waals surface area contributed by atoms with Crippen LogP contribution in [0, 0.1) is 41.5 Å². The van der Waals surface area contributed by atoms with Crippen molar-refractivity contribution in [1.82, 2.24) is 0 Å². The van der Waals surface area contributed by atoms with Crippen molar-refractivity contribution in [2.24, 2.45) is 0 Å². The summed E-state index contributed by atoms with van der Waals surface area (Å²) in [6.07, 6.45) is 0. The van der Waals surface area contributed by atoms with Crippen LogP contribution in [0.25, 0.3) is 0 Å². The number of rotatable bonds is 2. The number of halogens is 1. The zero-order chi connectivity index (χ0) is 15.0. The summed E-state index contributed by atoms with van der Waals surface area (Å²) >= 11 is 3.95. The largest absolute Gasteiger partial charge is 0.0786 e. The van der Waals surface area contributed by atoms with Gasteiger partial charge in [-0.3, -0.25) is 0 Å². The second kappa shape index (κ2) is 5.73. The molecule has 0 nitrogen and oxygen atoms in total. The normalized spacial score (nSPS) is 11.2. The van der Waals surface area contributed by atoms with Crippen LogP contribution in [0.3, 0.4) is 0 Å². The van der Waals surface area contributed by atoms with Crippen LogP contribution < -0.4 is 0 Å². The van der Waals surface area contributed by atoms with Gasteiger partial charge in [0.05, 0.1) is 4.83 Å². The van der Waals surface area contributed by atoms with E-state index in [-0.39, 0.29) is 4.83 Å². The van der Waals surface area contributed by atoms with E-state index in [1.165, 1.54) is 44.5 Å². The van der Waals surface area contributed by atoms with Crippen LogP contribution in [-0.2, 0) is 0 Å². The summed E-state index contributed by atoms with van der Waals surface area (Å²) in [6, 6.07) is 9.09. The van der Waals surface area contributed by atoms with Crippen molar-refractivity contribution in [2.75, 3.05) is 0 Å². The van der Waals surface area contributed by atoms with Gasteiger partial charge in [0.15, 0.2) is 0 Å². The maximum absolute atomic E-state index is 3.95. The van der Waals surface area contributed by atoms with Gasteiger partial charge < -0.3 is 0 Å². The Morgan fingerprint density at radius 2 is 0.850 bits per heavy atom. The fourth-order valence-corrected chi connectivity index (χ4v) is 4.77. The van der Waals surface area contributed by atoms with Crippen molar-refractivity contribution in [2.45, 2.75) is 46.4 Å². The molecule has 106 valence electrons. The average molecular weight is 331 g/mol. The summed E-state index contributed by atoms with van der Waals surface area (Å²) in [5, 5.41) is 0. The second-order valence-corrected chi connectivity index (χ2v) is 6.90. The van der Waals surface area contributed by atoms with Crippen molar-refractivity contribution in [3.05, 3.63) is 68.8 Å². The van der Waals surface area contributed by atoms with Gasteiger partial charge in [0, 0.05) is 0 Å². The Hall–Kier alpha value is -1.08. The third kappa shape index (κ3) is 2.83. The van der Waals surface area contributed by atoms with E-state index >= 15 is 0 Å². The second-order valence-electron chi connectivity index (χ2n) is 5.99. The highest BCUT2D eigenvalue weighted by Gasteiger charge is 2.19. The van der Waals surface area contributed by atoms with Crippen LogP contribution in [-0.4, -0.2) is 0 Å². The average Bonchev–Trinajstić information content (AvgIpc) is 2.25. The molecule has 0 aliphatic heterocycles. The molecule has 0 N–H and O–H groups in total. The molecule has 0 atom stereocenters. The lowest BCUT2D eigenvalue weighted by atomic mass is 9.89. The van der Waals surface area contributed by atoms with Crippen LogP contribution in [0.2, 0.25) is 0 Å². The Bertz CT molecular complexity index is 549. The first-order valence-corrected chi connectivity index (χ1v) is 8.02. The van der Waals surface area contributed by atoms with E-state index in [2.05, 4.69) is 81.7 Å². The molecule has 0 unspecified atom stereocenters. The van der Waals surface area contributed by atoms with Gasteiger partial charge in [-0.25, -0.2) is 0 Å². The molecule has 0 aliphatic carbocycles. The predicted molar refractivity (Wildman–Crippen MR) is 92.1 cm³/mol. The number of benzene rings is 2. The van der Waals surface area contributed by atoms with E-state index in [0.29, 0.717) is 0 Å². The maximum Gasteiger partial charge on any atom is 0.0654 e. The zero-order valence-corrected chi connectivity index (χ0v) is 14.9. The first-order valence-electron chi connectivity index (χ1n) is 7.10. The van der Waals surface area contributed by atoms with E-state index in [4.69, 9.17) is 0 Å². The van der Waals surface area contributed by atoms with Gasteiger partial charge >= 0.3 is 0 Å². The van der Waals surface area contributed by atoms with Gasteiger partial charge in [-0.1, -0.05) is 51.3 Å². The highest BCUT2D eigenvalue weighted by atomic mass is 79.9. The summed E-state index contributed by atoms with van der Waals surface area (Å²) in [7, 11) is 0. The SMILES string of the molecule is Cc1cc(C)c(C(Br)c2c(C)cc(C)cc2C)c(C)c1. The molecule has 0 spiro atoms. The van der Waals surface area contributed by atoms with Gasteiger partial charge in [0.2, 0.25) is 0 Å². The Kier molecular flexibility index (Phi) is 4.39. The minimum atomic E-state index is 0.267. The first kappa shape index (κ1) is 15.3. The molecule has 2 rings (SSSR count). The molecule has 0 fully saturated rings. The molecule has 0 amide bonds. The lowest BCUT2D eigenvalue weighted by molar-refractivity contribution is 1.06. The van der Waals surface area contributed by atoms with Crippen LogP contribution in [0.5, 0.6) is 0 Å². The summed E-state index contributed by atoms with van der Waals surface area (Å²) in [5.41, 5.74) is 10.9. The van der Waals surface area contributed by atoms with E-state index in [1.807, 2.05) is 0 Å². The smallest absolute Gasteiger partial charge is 0.0654 e. The minimum absolute atomic E-state index is 0.267. The Morgan fingerprint density at radius 1 is 0.600 bits per heavy atom. The summed E-state index contributed by atoms with van der Waals surface area (Å²) < 4.78 is 0. The highest BCUT2D eigenvalue weighted by molar-refractivity contribution is 9.09.